The third-order valence-electron chi connectivity index (χ3n) is 2.51. The summed E-state index contributed by atoms with van der Waals surface area (Å²) < 4.78 is 26.7. The topological polar surface area (TPSA) is 66.6 Å². The number of rotatable bonds is 5. The van der Waals surface area contributed by atoms with E-state index < -0.39 is 34.0 Å². The van der Waals surface area contributed by atoms with Gasteiger partial charge in [-0.2, -0.15) is 0 Å². The Morgan fingerprint density at radius 1 is 1.50 bits per heavy atom. The van der Waals surface area contributed by atoms with E-state index in [0.717, 1.165) is 12.1 Å². The maximum absolute atomic E-state index is 13.6. The van der Waals surface area contributed by atoms with Crippen LogP contribution in [-0.2, 0) is 0 Å². The molecule has 1 aromatic carbocycles. The van der Waals surface area contributed by atoms with Crippen molar-refractivity contribution in [3.05, 3.63) is 33.9 Å². The van der Waals surface area contributed by atoms with Gasteiger partial charge in [0.05, 0.1) is 11.0 Å². The van der Waals surface area contributed by atoms with Crippen LogP contribution in [0.3, 0.4) is 0 Å². The molecule has 0 aliphatic heterocycles. The standard InChI is InChI=1S/C11H14F2N2O3/c1-7(16)5-6-14(2)11-9(15(17)18)4-3-8(12)10(11)13/h3-4,7,16H,5-6H2,1-2H3. The minimum Gasteiger partial charge on any atom is -0.393 e. The molecule has 0 aromatic heterocycles. The van der Waals surface area contributed by atoms with Gasteiger partial charge in [-0.1, -0.05) is 0 Å². The van der Waals surface area contributed by atoms with Crippen LogP contribution in [0.25, 0.3) is 0 Å². The highest BCUT2D eigenvalue weighted by Gasteiger charge is 2.24. The molecule has 7 heteroatoms. The lowest BCUT2D eigenvalue weighted by Crippen LogP contribution is -2.24. The zero-order valence-corrected chi connectivity index (χ0v) is 10.1. The van der Waals surface area contributed by atoms with Crippen LogP contribution in [0.1, 0.15) is 13.3 Å². The highest BCUT2D eigenvalue weighted by Crippen LogP contribution is 2.31. The Labute approximate surface area is 103 Å². The van der Waals surface area contributed by atoms with Crippen molar-refractivity contribution in [3.8, 4) is 0 Å². The fraction of sp³-hybridized carbons (Fsp3) is 0.455. The fourth-order valence-corrected chi connectivity index (χ4v) is 1.53. The lowest BCUT2D eigenvalue weighted by Gasteiger charge is -2.20. The average molecular weight is 260 g/mol. The number of aliphatic hydroxyl groups is 1. The fourth-order valence-electron chi connectivity index (χ4n) is 1.53. The number of anilines is 1. The molecular weight excluding hydrogens is 246 g/mol. The van der Waals surface area contributed by atoms with Crippen LogP contribution >= 0.6 is 0 Å². The molecule has 1 N–H and O–H groups in total. The summed E-state index contributed by atoms with van der Waals surface area (Å²) in [6.07, 6.45) is -0.327. The quantitative estimate of drug-likeness (QED) is 0.650. The molecule has 0 fully saturated rings. The van der Waals surface area contributed by atoms with Crippen molar-refractivity contribution in [1.82, 2.24) is 0 Å². The highest BCUT2D eigenvalue weighted by atomic mass is 19.2. The van der Waals surface area contributed by atoms with E-state index >= 15 is 0 Å². The molecule has 0 heterocycles. The van der Waals surface area contributed by atoms with E-state index in [1.807, 2.05) is 0 Å². The van der Waals surface area contributed by atoms with Crippen LogP contribution in [0.4, 0.5) is 20.2 Å². The first kappa shape index (κ1) is 14.3. The number of benzene rings is 1. The first-order chi connectivity index (χ1) is 8.34. The van der Waals surface area contributed by atoms with Gasteiger partial charge in [0.1, 0.15) is 0 Å². The van der Waals surface area contributed by atoms with E-state index in [1.54, 1.807) is 6.92 Å². The Morgan fingerprint density at radius 3 is 2.61 bits per heavy atom. The molecule has 1 atom stereocenters. The zero-order chi connectivity index (χ0) is 13.9. The molecule has 0 radical (unpaired) electrons. The molecule has 0 spiro atoms. The van der Waals surface area contributed by atoms with Gasteiger partial charge in [0, 0.05) is 19.7 Å². The summed E-state index contributed by atoms with van der Waals surface area (Å²) in [7, 11) is 1.41. The smallest absolute Gasteiger partial charge is 0.295 e. The summed E-state index contributed by atoms with van der Waals surface area (Å²) in [6.45, 7) is 1.73. The molecule has 1 aromatic rings. The van der Waals surface area contributed by atoms with Crippen LogP contribution in [0.15, 0.2) is 12.1 Å². The van der Waals surface area contributed by atoms with E-state index in [-0.39, 0.29) is 6.54 Å². The number of aliphatic hydroxyl groups excluding tert-OH is 1. The largest absolute Gasteiger partial charge is 0.393 e. The third kappa shape index (κ3) is 3.13. The minimum absolute atomic E-state index is 0.179. The molecule has 0 aliphatic rings. The Bertz CT molecular complexity index is 452. The second kappa shape index (κ2) is 5.72. The number of hydrogen-bond acceptors (Lipinski definition) is 4. The van der Waals surface area contributed by atoms with Gasteiger partial charge in [0.15, 0.2) is 17.3 Å². The van der Waals surface area contributed by atoms with Crippen LogP contribution in [0.2, 0.25) is 0 Å². The van der Waals surface area contributed by atoms with E-state index in [0.29, 0.717) is 6.42 Å². The molecule has 0 saturated carbocycles. The van der Waals surface area contributed by atoms with Crippen LogP contribution < -0.4 is 4.90 Å². The summed E-state index contributed by atoms with van der Waals surface area (Å²) in [5.41, 5.74) is -0.900. The maximum atomic E-state index is 13.6. The molecule has 0 aliphatic carbocycles. The maximum Gasteiger partial charge on any atom is 0.295 e. The third-order valence-corrected chi connectivity index (χ3v) is 2.51. The summed E-state index contributed by atoms with van der Waals surface area (Å²) in [6, 6.07) is 1.64. The van der Waals surface area contributed by atoms with Gasteiger partial charge in [-0.15, -0.1) is 0 Å². The lowest BCUT2D eigenvalue weighted by atomic mass is 10.2. The Hall–Kier alpha value is -1.76. The number of nitro benzene ring substituents is 1. The van der Waals surface area contributed by atoms with Crippen molar-refractivity contribution < 1.29 is 18.8 Å². The Morgan fingerprint density at radius 2 is 2.11 bits per heavy atom. The SMILES string of the molecule is CC(O)CCN(C)c1c([N+](=O)[O-])ccc(F)c1F. The predicted octanol–water partition coefficient (Wildman–Crippen LogP) is 2.08. The summed E-state index contributed by atoms with van der Waals surface area (Å²) in [4.78, 5) is 11.2. The molecule has 1 unspecified atom stereocenters. The normalized spacial score (nSPS) is 12.3. The van der Waals surface area contributed by atoms with Crippen LogP contribution in [-0.4, -0.2) is 29.7 Å². The lowest BCUT2D eigenvalue weighted by molar-refractivity contribution is -0.384. The molecule has 1 rings (SSSR count). The molecule has 0 bridgehead atoms. The Kier molecular flexibility index (Phi) is 4.55. The van der Waals surface area contributed by atoms with Crippen molar-refractivity contribution >= 4 is 11.4 Å². The number of hydrogen-bond donors (Lipinski definition) is 1. The highest BCUT2D eigenvalue weighted by molar-refractivity contribution is 5.63. The van der Waals surface area contributed by atoms with Gasteiger partial charge in [-0.05, 0) is 19.4 Å². The first-order valence-electron chi connectivity index (χ1n) is 5.36. The summed E-state index contributed by atoms with van der Waals surface area (Å²) in [5.74, 6) is -2.39. The van der Waals surface area contributed by atoms with Crippen molar-refractivity contribution in [3.63, 3.8) is 0 Å². The second-order valence-corrected chi connectivity index (χ2v) is 4.05. The average Bonchev–Trinajstić information content (AvgIpc) is 2.28. The predicted molar refractivity (Wildman–Crippen MR) is 62.6 cm³/mol. The number of nitro groups is 1. The second-order valence-electron chi connectivity index (χ2n) is 4.05. The van der Waals surface area contributed by atoms with Crippen molar-refractivity contribution in [1.29, 1.82) is 0 Å². The van der Waals surface area contributed by atoms with E-state index in [9.17, 15) is 18.9 Å². The van der Waals surface area contributed by atoms with Gasteiger partial charge in [0.2, 0.25) is 0 Å². The van der Waals surface area contributed by atoms with Crippen LogP contribution in [0, 0.1) is 21.7 Å². The molecule has 18 heavy (non-hydrogen) atoms. The van der Waals surface area contributed by atoms with E-state index in [4.69, 9.17) is 5.11 Å². The zero-order valence-electron chi connectivity index (χ0n) is 10.1. The van der Waals surface area contributed by atoms with Gasteiger partial charge >= 0.3 is 0 Å². The van der Waals surface area contributed by atoms with Crippen molar-refractivity contribution in [2.24, 2.45) is 0 Å². The summed E-state index contributed by atoms with van der Waals surface area (Å²) in [5, 5.41) is 19.9. The van der Waals surface area contributed by atoms with Gasteiger partial charge in [-0.3, -0.25) is 10.1 Å². The number of halogens is 2. The van der Waals surface area contributed by atoms with Gasteiger partial charge in [-0.25, -0.2) is 8.78 Å². The van der Waals surface area contributed by atoms with Crippen LogP contribution in [0.5, 0.6) is 0 Å². The van der Waals surface area contributed by atoms with Gasteiger partial charge in [0.25, 0.3) is 5.69 Å². The number of nitrogens with zero attached hydrogens (tertiary/aromatic N) is 2. The molecule has 5 nitrogen and oxygen atoms in total. The molecule has 0 saturated heterocycles. The Balaban J connectivity index is 3.11. The molecular formula is C11H14F2N2O3. The van der Waals surface area contributed by atoms with Crippen molar-refractivity contribution in [2.45, 2.75) is 19.4 Å². The monoisotopic (exact) mass is 260 g/mol. The van der Waals surface area contributed by atoms with E-state index in [2.05, 4.69) is 0 Å². The minimum atomic E-state index is -1.25. The first-order valence-corrected chi connectivity index (χ1v) is 5.36. The van der Waals surface area contributed by atoms with Gasteiger partial charge < -0.3 is 10.0 Å². The summed E-state index contributed by atoms with van der Waals surface area (Å²) >= 11 is 0. The molecule has 100 valence electrons. The van der Waals surface area contributed by atoms with E-state index in [1.165, 1.54) is 11.9 Å². The van der Waals surface area contributed by atoms with Crippen molar-refractivity contribution in [2.75, 3.05) is 18.5 Å². The molecule has 0 amide bonds.